The molecule has 2 aliphatic rings. The minimum atomic E-state index is 0. The highest BCUT2D eigenvalue weighted by Crippen LogP contribution is 2.29. The molecule has 0 atom stereocenters. The summed E-state index contributed by atoms with van der Waals surface area (Å²) in [5.74, 6) is 0.643. The van der Waals surface area contributed by atoms with Gasteiger partial charge in [0.15, 0.2) is 5.78 Å². The van der Waals surface area contributed by atoms with Crippen LogP contribution in [0.3, 0.4) is 0 Å². The Balaban J connectivity index is 0.00000306. The molecule has 178 valence electrons. The number of nitrogens with zero attached hydrogens (tertiary/aromatic N) is 2. The Morgan fingerprint density at radius 1 is 0.970 bits per heavy atom. The Kier molecular flexibility index (Phi) is 9.37. The topological polar surface area (TPSA) is 40.6 Å². The van der Waals surface area contributed by atoms with E-state index in [-0.39, 0.29) is 30.5 Å². The molecule has 0 aliphatic carbocycles. The first kappa shape index (κ1) is 25.7. The van der Waals surface area contributed by atoms with E-state index < -0.39 is 0 Å². The van der Waals surface area contributed by atoms with E-state index in [4.69, 9.17) is 11.6 Å². The van der Waals surface area contributed by atoms with Gasteiger partial charge in [0, 0.05) is 43.1 Å². The van der Waals surface area contributed by atoms with Crippen molar-refractivity contribution >= 4 is 35.7 Å². The number of carbonyl (C=O) groups excluding carboxylic acids is 2. The molecule has 2 aromatic carbocycles. The van der Waals surface area contributed by atoms with Crippen LogP contribution in [-0.2, 0) is 17.8 Å². The minimum Gasteiger partial charge on any atom is -0.343 e. The first-order chi connectivity index (χ1) is 15.5. The lowest BCUT2D eigenvalue weighted by molar-refractivity contribution is -0.132. The molecule has 0 saturated carbocycles. The maximum absolute atomic E-state index is 12.8. The van der Waals surface area contributed by atoms with Crippen molar-refractivity contribution in [3.05, 3.63) is 69.7 Å². The molecule has 2 heterocycles. The fraction of sp³-hybridized carbons (Fsp3) is 0.481. The number of halogens is 2. The molecule has 2 aliphatic heterocycles. The fourth-order valence-electron chi connectivity index (χ4n) is 4.99. The summed E-state index contributed by atoms with van der Waals surface area (Å²) in [5, 5.41) is 0.753. The predicted octanol–water partition coefficient (Wildman–Crippen LogP) is 5.90. The summed E-state index contributed by atoms with van der Waals surface area (Å²) >= 11 is 5.99. The number of aryl methyl sites for hydroxylation is 1. The second-order valence-electron chi connectivity index (χ2n) is 9.09. The zero-order valence-electron chi connectivity index (χ0n) is 19.4. The Morgan fingerprint density at radius 2 is 1.70 bits per heavy atom. The molecule has 1 amide bonds. The van der Waals surface area contributed by atoms with E-state index in [2.05, 4.69) is 36.1 Å². The maximum Gasteiger partial charge on any atom is 0.223 e. The summed E-state index contributed by atoms with van der Waals surface area (Å²) in [6.07, 6.45) is 4.73. The molecule has 0 aromatic heterocycles. The lowest BCUT2D eigenvalue weighted by Crippen LogP contribution is -2.38. The van der Waals surface area contributed by atoms with Crippen molar-refractivity contribution in [1.29, 1.82) is 0 Å². The minimum absolute atomic E-state index is 0. The third-order valence-corrected chi connectivity index (χ3v) is 7.30. The molecular formula is C27H34Cl2N2O2. The molecule has 1 fully saturated rings. The Hall–Kier alpha value is -1.88. The monoisotopic (exact) mass is 488 g/mol. The number of hydrogen-bond acceptors (Lipinski definition) is 3. The van der Waals surface area contributed by atoms with Crippen LogP contribution in [0.4, 0.5) is 0 Å². The number of likely N-dealkylation sites (tertiary alicyclic amines) is 1. The molecule has 0 unspecified atom stereocenters. The number of piperidine rings is 1. The number of amides is 1. The zero-order valence-corrected chi connectivity index (χ0v) is 21.0. The molecule has 1 saturated heterocycles. The Morgan fingerprint density at radius 3 is 2.39 bits per heavy atom. The molecule has 6 heteroatoms. The van der Waals surface area contributed by atoms with E-state index in [1.165, 1.54) is 16.7 Å². The van der Waals surface area contributed by atoms with Crippen molar-refractivity contribution in [3.8, 4) is 0 Å². The first-order valence-corrected chi connectivity index (χ1v) is 12.3. The summed E-state index contributed by atoms with van der Waals surface area (Å²) in [5.41, 5.74) is 4.67. The fourth-order valence-corrected chi connectivity index (χ4v) is 5.12. The van der Waals surface area contributed by atoms with Crippen LogP contribution >= 0.6 is 24.0 Å². The third kappa shape index (κ3) is 6.59. The number of hydrogen-bond donors (Lipinski definition) is 0. The quantitative estimate of drug-likeness (QED) is 0.475. The van der Waals surface area contributed by atoms with Gasteiger partial charge < -0.3 is 4.90 Å². The van der Waals surface area contributed by atoms with Crippen molar-refractivity contribution in [3.63, 3.8) is 0 Å². The molecule has 4 nitrogen and oxygen atoms in total. The highest BCUT2D eigenvalue weighted by molar-refractivity contribution is 6.30. The second kappa shape index (κ2) is 12.0. The van der Waals surface area contributed by atoms with Crippen molar-refractivity contribution in [2.75, 3.05) is 26.2 Å². The number of benzene rings is 2. The zero-order chi connectivity index (χ0) is 22.5. The van der Waals surface area contributed by atoms with Crippen LogP contribution in [0.2, 0.25) is 5.02 Å². The normalized spacial score (nSPS) is 17.1. The summed E-state index contributed by atoms with van der Waals surface area (Å²) in [4.78, 5) is 29.9. The van der Waals surface area contributed by atoms with Crippen LogP contribution in [0.15, 0.2) is 42.5 Å². The molecule has 0 spiro atoms. The van der Waals surface area contributed by atoms with E-state index in [0.717, 1.165) is 69.0 Å². The SMILES string of the molecule is CCN1CCCc2ccc(C(=O)CCC(=O)N3CCC(c4ccc(Cl)cc4)CC3)cc2C1.Cl. The van der Waals surface area contributed by atoms with Crippen LogP contribution in [0, 0.1) is 0 Å². The van der Waals surface area contributed by atoms with E-state index in [9.17, 15) is 9.59 Å². The summed E-state index contributed by atoms with van der Waals surface area (Å²) < 4.78 is 0. The third-order valence-electron chi connectivity index (χ3n) is 7.04. The summed E-state index contributed by atoms with van der Waals surface area (Å²) in [6, 6.07) is 14.2. The van der Waals surface area contributed by atoms with Crippen LogP contribution in [-0.4, -0.2) is 47.7 Å². The van der Waals surface area contributed by atoms with E-state index in [0.29, 0.717) is 12.3 Å². The van der Waals surface area contributed by atoms with Gasteiger partial charge >= 0.3 is 0 Å². The largest absolute Gasteiger partial charge is 0.343 e. The van der Waals surface area contributed by atoms with Gasteiger partial charge in [-0.2, -0.15) is 0 Å². The highest BCUT2D eigenvalue weighted by Gasteiger charge is 2.24. The van der Waals surface area contributed by atoms with Crippen molar-refractivity contribution < 1.29 is 9.59 Å². The highest BCUT2D eigenvalue weighted by atomic mass is 35.5. The maximum atomic E-state index is 12.8. The smallest absolute Gasteiger partial charge is 0.223 e. The average Bonchev–Trinajstić information content (AvgIpc) is 3.04. The van der Waals surface area contributed by atoms with E-state index in [1.54, 1.807) is 0 Å². The molecular weight excluding hydrogens is 455 g/mol. The second-order valence-corrected chi connectivity index (χ2v) is 9.52. The van der Waals surface area contributed by atoms with Crippen molar-refractivity contribution in [1.82, 2.24) is 9.80 Å². The van der Waals surface area contributed by atoms with Crippen LogP contribution in [0.5, 0.6) is 0 Å². The lowest BCUT2D eigenvalue weighted by Gasteiger charge is -2.32. The van der Waals surface area contributed by atoms with Crippen LogP contribution in [0.25, 0.3) is 0 Å². The predicted molar refractivity (Wildman–Crippen MR) is 137 cm³/mol. The Labute approximate surface area is 208 Å². The summed E-state index contributed by atoms with van der Waals surface area (Å²) in [7, 11) is 0. The van der Waals surface area contributed by atoms with Gasteiger partial charge in [0.1, 0.15) is 0 Å². The van der Waals surface area contributed by atoms with Gasteiger partial charge in [-0.05, 0) is 79.6 Å². The van der Waals surface area contributed by atoms with Crippen molar-refractivity contribution in [2.45, 2.75) is 57.9 Å². The van der Waals surface area contributed by atoms with Crippen molar-refractivity contribution in [2.24, 2.45) is 0 Å². The van der Waals surface area contributed by atoms with Crippen LogP contribution in [0.1, 0.15) is 72.0 Å². The van der Waals surface area contributed by atoms with Gasteiger partial charge in [0.2, 0.25) is 5.91 Å². The number of ketones is 1. The summed E-state index contributed by atoms with van der Waals surface area (Å²) in [6.45, 7) is 6.74. The standard InChI is InChI=1S/C27H33ClN2O2.ClH/c1-2-29-15-3-4-20-5-6-23(18-24(20)19-29)26(31)11-12-27(32)30-16-13-22(14-17-30)21-7-9-25(28)10-8-21;/h5-10,18,22H,2-4,11-17,19H2,1H3;1H. The average molecular weight is 489 g/mol. The van der Waals surface area contributed by atoms with Crippen LogP contribution < -0.4 is 0 Å². The molecule has 2 aromatic rings. The molecule has 4 rings (SSSR count). The number of carbonyl (C=O) groups is 2. The molecule has 0 N–H and O–H groups in total. The van der Waals surface area contributed by atoms with Gasteiger partial charge in [0.25, 0.3) is 0 Å². The van der Waals surface area contributed by atoms with E-state index in [1.807, 2.05) is 23.1 Å². The van der Waals surface area contributed by atoms with Gasteiger partial charge in [-0.3, -0.25) is 14.5 Å². The first-order valence-electron chi connectivity index (χ1n) is 11.9. The Bertz CT molecular complexity index is 953. The van der Waals surface area contributed by atoms with E-state index >= 15 is 0 Å². The van der Waals surface area contributed by atoms with Gasteiger partial charge in [-0.25, -0.2) is 0 Å². The lowest BCUT2D eigenvalue weighted by atomic mass is 9.89. The van der Waals surface area contributed by atoms with Gasteiger partial charge in [-0.1, -0.05) is 42.8 Å². The number of rotatable bonds is 6. The molecule has 0 radical (unpaired) electrons. The molecule has 33 heavy (non-hydrogen) atoms. The van der Waals surface area contributed by atoms with Gasteiger partial charge in [0.05, 0.1) is 0 Å². The molecule has 0 bridgehead atoms. The van der Waals surface area contributed by atoms with Gasteiger partial charge in [-0.15, -0.1) is 12.4 Å². The number of fused-ring (bicyclic) bond motifs is 1. The number of Topliss-reactive ketones (excluding diaryl/α,β-unsaturated/α-hetero) is 1.